The predicted octanol–water partition coefficient (Wildman–Crippen LogP) is 1.76. The third kappa shape index (κ3) is 2.91. The van der Waals surface area contributed by atoms with Gasteiger partial charge in [0.2, 0.25) is 10.0 Å². The maximum atomic E-state index is 12.1. The number of hydrogen-bond acceptors (Lipinski definition) is 4. The third-order valence-electron chi connectivity index (χ3n) is 3.78. The molecule has 1 aromatic carbocycles. The van der Waals surface area contributed by atoms with Crippen molar-refractivity contribution in [3.8, 4) is 0 Å². The first kappa shape index (κ1) is 15.1. The number of benzene rings is 1. The molecule has 0 aliphatic carbocycles. The van der Waals surface area contributed by atoms with Crippen molar-refractivity contribution in [1.29, 1.82) is 0 Å². The summed E-state index contributed by atoms with van der Waals surface area (Å²) in [6.45, 7) is 4.19. The largest absolute Gasteiger partial charge is 0.397 e. The van der Waals surface area contributed by atoms with Crippen molar-refractivity contribution in [2.75, 3.05) is 37.8 Å². The van der Waals surface area contributed by atoms with Crippen LogP contribution < -0.4 is 10.6 Å². The Balaban J connectivity index is 2.31. The summed E-state index contributed by atoms with van der Waals surface area (Å²) < 4.78 is 25.4. The summed E-state index contributed by atoms with van der Waals surface area (Å²) in [4.78, 5) is 2.49. The Morgan fingerprint density at radius 1 is 1.35 bits per heavy atom. The van der Waals surface area contributed by atoms with Crippen LogP contribution >= 0.6 is 0 Å². The summed E-state index contributed by atoms with van der Waals surface area (Å²) in [5, 5.41) is 0. The highest BCUT2D eigenvalue weighted by Crippen LogP contribution is 2.30. The van der Waals surface area contributed by atoms with Crippen molar-refractivity contribution < 1.29 is 8.42 Å². The molecule has 0 aromatic heterocycles. The number of piperidine rings is 1. The Hall–Kier alpha value is -1.27. The van der Waals surface area contributed by atoms with Gasteiger partial charge in [0.05, 0.1) is 16.3 Å². The Kier molecular flexibility index (Phi) is 4.25. The van der Waals surface area contributed by atoms with Crippen molar-refractivity contribution >= 4 is 21.4 Å². The minimum atomic E-state index is -3.42. The monoisotopic (exact) mass is 297 g/mol. The van der Waals surface area contributed by atoms with Gasteiger partial charge in [0.25, 0.3) is 0 Å². The molecule has 0 spiro atoms. The fourth-order valence-corrected chi connectivity index (χ4v) is 3.54. The van der Waals surface area contributed by atoms with Crippen LogP contribution in [0.25, 0.3) is 0 Å². The Labute approximate surface area is 121 Å². The molecule has 2 N–H and O–H groups in total. The molecule has 6 heteroatoms. The van der Waals surface area contributed by atoms with Gasteiger partial charge in [0, 0.05) is 27.2 Å². The van der Waals surface area contributed by atoms with E-state index in [2.05, 4.69) is 11.8 Å². The highest BCUT2D eigenvalue weighted by Gasteiger charge is 2.21. The Morgan fingerprint density at radius 2 is 2.05 bits per heavy atom. The van der Waals surface area contributed by atoms with E-state index in [1.165, 1.54) is 24.8 Å². The van der Waals surface area contributed by atoms with Gasteiger partial charge in [-0.05, 0) is 37.0 Å². The smallest absolute Gasteiger partial charge is 0.242 e. The molecule has 0 amide bonds. The number of nitrogens with zero attached hydrogens (tertiary/aromatic N) is 2. The van der Waals surface area contributed by atoms with Crippen LogP contribution in [0, 0.1) is 5.92 Å². The van der Waals surface area contributed by atoms with Gasteiger partial charge in [0.15, 0.2) is 0 Å². The van der Waals surface area contributed by atoms with Crippen LogP contribution in [0.2, 0.25) is 0 Å². The predicted molar refractivity (Wildman–Crippen MR) is 82.3 cm³/mol. The topological polar surface area (TPSA) is 66.6 Å². The molecule has 1 heterocycles. The minimum Gasteiger partial charge on any atom is -0.397 e. The van der Waals surface area contributed by atoms with Crippen LogP contribution in [0.1, 0.15) is 19.8 Å². The van der Waals surface area contributed by atoms with Gasteiger partial charge in [-0.1, -0.05) is 6.92 Å². The number of hydrogen-bond donors (Lipinski definition) is 1. The molecule has 1 saturated heterocycles. The molecule has 112 valence electrons. The standard InChI is InChI=1S/C14H23N3O2S/c1-11-5-4-8-17(10-11)14-7-6-12(9-13(14)15)20(18,19)16(2)3/h6-7,9,11H,4-5,8,10,15H2,1-3H3. The van der Waals surface area contributed by atoms with Crippen LogP contribution in [0.5, 0.6) is 0 Å². The van der Waals surface area contributed by atoms with Crippen molar-refractivity contribution in [2.45, 2.75) is 24.7 Å². The third-order valence-corrected chi connectivity index (χ3v) is 5.59. The van der Waals surface area contributed by atoms with Gasteiger partial charge in [-0.15, -0.1) is 0 Å². The zero-order valence-corrected chi connectivity index (χ0v) is 13.2. The normalized spacial score (nSPS) is 20.4. The van der Waals surface area contributed by atoms with Gasteiger partial charge >= 0.3 is 0 Å². The quantitative estimate of drug-likeness (QED) is 0.863. The molecule has 0 radical (unpaired) electrons. The van der Waals surface area contributed by atoms with Gasteiger partial charge in [-0.2, -0.15) is 0 Å². The van der Waals surface area contributed by atoms with E-state index in [9.17, 15) is 8.42 Å². The summed E-state index contributed by atoms with van der Waals surface area (Å²) >= 11 is 0. The number of anilines is 2. The summed E-state index contributed by atoms with van der Waals surface area (Å²) in [5.41, 5.74) is 7.54. The second-order valence-electron chi connectivity index (χ2n) is 5.70. The van der Waals surface area contributed by atoms with Gasteiger partial charge < -0.3 is 10.6 Å². The number of nitrogen functional groups attached to an aromatic ring is 1. The molecule has 0 bridgehead atoms. The lowest BCUT2D eigenvalue weighted by Crippen LogP contribution is -2.34. The molecule has 1 aromatic rings. The van der Waals surface area contributed by atoms with E-state index in [-0.39, 0.29) is 4.90 Å². The summed E-state index contributed by atoms with van der Waals surface area (Å²) in [7, 11) is -0.384. The Morgan fingerprint density at radius 3 is 2.60 bits per heavy atom. The van der Waals surface area contributed by atoms with E-state index in [1.807, 2.05) is 6.07 Å². The molecule has 1 aliphatic heterocycles. The maximum Gasteiger partial charge on any atom is 0.242 e. The zero-order valence-electron chi connectivity index (χ0n) is 12.3. The first-order chi connectivity index (χ1) is 9.32. The van der Waals surface area contributed by atoms with Gasteiger partial charge in [-0.25, -0.2) is 12.7 Å². The lowest BCUT2D eigenvalue weighted by molar-refractivity contribution is 0.447. The summed E-state index contributed by atoms with van der Waals surface area (Å²) in [6.07, 6.45) is 2.39. The van der Waals surface area contributed by atoms with Crippen molar-refractivity contribution in [1.82, 2.24) is 4.31 Å². The lowest BCUT2D eigenvalue weighted by atomic mass is 9.99. The van der Waals surface area contributed by atoms with Crippen LogP contribution in [0.15, 0.2) is 23.1 Å². The molecule has 1 unspecified atom stereocenters. The molecule has 1 aliphatic rings. The van der Waals surface area contributed by atoms with Gasteiger partial charge in [-0.3, -0.25) is 0 Å². The molecule has 2 rings (SSSR count). The highest BCUT2D eigenvalue weighted by molar-refractivity contribution is 7.89. The summed E-state index contributed by atoms with van der Waals surface area (Å²) in [6, 6.07) is 5.02. The van der Waals surface area contributed by atoms with Crippen LogP contribution in [0.4, 0.5) is 11.4 Å². The molecular weight excluding hydrogens is 274 g/mol. The van der Waals surface area contributed by atoms with E-state index in [4.69, 9.17) is 5.73 Å². The fraction of sp³-hybridized carbons (Fsp3) is 0.571. The van der Waals surface area contributed by atoms with E-state index >= 15 is 0 Å². The molecule has 1 fully saturated rings. The minimum absolute atomic E-state index is 0.244. The zero-order chi connectivity index (χ0) is 14.9. The van der Waals surface area contributed by atoms with E-state index in [0.717, 1.165) is 25.2 Å². The number of sulfonamides is 1. The first-order valence-corrected chi connectivity index (χ1v) is 8.33. The van der Waals surface area contributed by atoms with Gasteiger partial charge in [0.1, 0.15) is 0 Å². The average Bonchev–Trinajstić information content (AvgIpc) is 2.38. The number of rotatable bonds is 3. The fourth-order valence-electron chi connectivity index (χ4n) is 2.60. The van der Waals surface area contributed by atoms with Crippen LogP contribution in [-0.2, 0) is 10.0 Å². The van der Waals surface area contributed by atoms with E-state index in [0.29, 0.717) is 11.6 Å². The second-order valence-corrected chi connectivity index (χ2v) is 7.85. The van der Waals surface area contributed by atoms with Crippen LogP contribution in [0.3, 0.4) is 0 Å². The molecule has 5 nitrogen and oxygen atoms in total. The van der Waals surface area contributed by atoms with E-state index in [1.54, 1.807) is 12.1 Å². The van der Waals surface area contributed by atoms with Crippen molar-refractivity contribution in [2.24, 2.45) is 5.92 Å². The first-order valence-electron chi connectivity index (χ1n) is 6.89. The van der Waals surface area contributed by atoms with E-state index < -0.39 is 10.0 Å². The van der Waals surface area contributed by atoms with Crippen molar-refractivity contribution in [3.63, 3.8) is 0 Å². The highest BCUT2D eigenvalue weighted by atomic mass is 32.2. The maximum absolute atomic E-state index is 12.1. The summed E-state index contributed by atoms with van der Waals surface area (Å²) in [5.74, 6) is 0.647. The van der Waals surface area contributed by atoms with Crippen LogP contribution in [-0.4, -0.2) is 39.9 Å². The lowest BCUT2D eigenvalue weighted by Gasteiger charge is -2.33. The number of nitrogens with two attached hydrogens (primary N) is 1. The SMILES string of the molecule is CC1CCCN(c2ccc(S(=O)(=O)N(C)C)cc2N)C1. The van der Waals surface area contributed by atoms with Crippen molar-refractivity contribution in [3.05, 3.63) is 18.2 Å². The molecular formula is C14H23N3O2S. The molecule has 20 heavy (non-hydrogen) atoms. The Bertz CT molecular complexity index is 584. The average molecular weight is 297 g/mol. The molecule has 1 atom stereocenters. The molecule has 0 saturated carbocycles. The second kappa shape index (κ2) is 5.61.